The molecular formula is C25H20N2O4. The minimum atomic E-state index is -1.03. The van der Waals surface area contributed by atoms with Crippen LogP contribution in [0.3, 0.4) is 0 Å². The van der Waals surface area contributed by atoms with E-state index in [1.54, 1.807) is 18.3 Å². The summed E-state index contributed by atoms with van der Waals surface area (Å²) < 4.78 is 6.10. The van der Waals surface area contributed by atoms with Crippen LogP contribution in [0.4, 0.5) is 4.79 Å². The molecule has 1 fully saturated rings. The second-order valence-electron chi connectivity index (χ2n) is 7.80. The number of hydrogen-bond donors (Lipinski definition) is 2. The predicted molar refractivity (Wildman–Crippen MR) is 118 cm³/mol. The summed E-state index contributed by atoms with van der Waals surface area (Å²) in [6.45, 7) is 0. The lowest BCUT2D eigenvalue weighted by molar-refractivity contribution is 0.144. The SMILES string of the molecule is O=C(O)NC1(c2ccc(-c3c(-c4ccccc4)oc4ncccc4c3=O)cc2)CCC1. The van der Waals surface area contributed by atoms with Gasteiger partial charge in [-0.05, 0) is 42.5 Å². The van der Waals surface area contributed by atoms with Gasteiger partial charge in [0.1, 0.15) is 5.76 Å². The van der Waals surface area contributed by atoms with Crippen molar-refractivity contribution in [2.75, 3.05) is 0 Å². The van der Waals surface area contributed by atoms with Crippen LogP contribution in [0.5, 0.6) is 0 Å². The maximum atomic E-state index is 13.4. The Bertz CT molecular complexity index is 1320. The van der Waals surface area contributed by atoms with Gasteiger partial charge in [0.2, 0.25) is 11.1 Å². The summed E-state index contributed by atoms with van der Waals surface area (Å²) in [5.41, 5.74) is 2.46. The van der Waals surface area contributed by atoms with Crippen LogP contribution in [0.2, 0.25) is 0 Å². The summed E-state index contributed by atoms with van der Waals surface area (Å²) >= 11 is 0. The van der Waals surface area contributed by atoms with Crippen molar-refractivity contribution in [3.63, 3.8) is 0 Å². The fourth-order valence-corrected chi connectivity index (χ4v) is 4.26. The quantitative estimate of drug-likeness (QED) is 0.482. The Hall–Kier alpha value is -3.93. The van der Waals surface area contributed by atoms with Crippen LogP contribution >= 0.6 is 0 Å². The fraction of sp³-hybridized carbons (Fsp3) is 0.160. The minimum absolute atomic E-state index is 0.150. The maximum absolute atomic E-state index is 13.4. The van der Waals surface area contributed by atoms with Gasteiger partial charge >= 0.3 is 6.09 Å². The number of carboxylic acid groups (broad SMARTS) is 1. The molecule has 5 rings (SSSR count). The average Bonchev–Trinajstić information content (AvgIpc) is 2.77. The van der Waals surface area contributed by atoms with E-state index < -0.39 is 11.6 Å². The Morgan fingerprint density at radius 3 is 2.35 bits per heavy atom. The van der Waals surface area contributed by atoms with Crippen LogP contribution in [-0.4, -0.2) is 16.2 Å². The van der Waals surface area contributed by atoms with Gasteiger partial charge in [-0.3, -0.25) is 4.79 Å². The summed E-state index contributed by atoms with van der Waals surface area (Å²) in [5, 5.41) is 12.3. The Labute approximate surface area is 178 Å². The van der Waals surface area contributed by atoms with Gasteiger partial charge in [0.15, 0.2) is 0 Å². The van der Waals surface area contributed by atoms with E-state index >= 15 is 0 Å². The lowest BCUT2D eigenvalue weighted by Crippen LogP contribution is -2.50. The van der Waals surface area contributed by atoms with E-state index in [1.807, 2.05) is 54.6 Å². The van der Waals surface area contributed by atoms with Gasteiger partial charge in [-0.1, -0.05) is 54.6 Å². The van der Waals surface area contributed by atoms with Crippen LogP contribution in [-0.2, 0) is 5.54 Å². The van der Waals surface area contributed by atoms with Crippen molar-refractivity contribution >= 4 is 17.2 Å². The molecule has 31 heavy (non-hydrogen) atoms. The highest BCUT2D eigenvalue weighted by Crippen LogP contribution is 2.42. The van der Waals surface area contributed by atoms with E-state index in [4.69, 9.17) is 4.42 Å². The van der Waals surface area contributed by atoms with Crippen LogP contribution < -0.4 is 10.7 Å². The molecule has 6 nitrogen and oxygen atoms in total. The van der Waals surface area contributed by atoms with E-state index in [2.05, 4.69) is 10.3 Å². The number of amides is 1. The molecule has 1 aliphatic rings. The highest BCUT2D eigenvalue weighted by atomic mass is 16.4. The van der Waals surface area contributed by atoms with Crippen molar-refractivity contribution < 1.29 is 14.3 Å². The van der Waals surface area contributed by atoms with Crippen molar-refractivity contribution in [2.24, 2.45) is 0 Å². The Morgan fingerprint density at radius 1 is 0.968 bits per heavy atom. The first-order chi connectivity index (χ1) is 15.1. The lowest BCUT2D eigenvalue weighted by atomic mass is 9.71. The number of rotatable bonds is 4. The van der Waals surface area contributed by atoms with E-state index in [1.165, 1.54) is 0 Å². The van der Waals surface area contributed by atoms with Crippen LogP contribution in [0.25, 0.3) is 33.6 Å². The molecule has 1 amide bonds. The first kappa shape index (κ1) is 19.1. The molecule has 0 saturated heterocycles. The van der Waals surface area contributed by atoms with Crippen molar-refractivity contribution in [2.45, 2.75) is 24.8 Å². The number of fused-ring (bicyclic) bond motifs is 1. The van der Waals surface area contributed by atoms with Gasteiger partial charge < -0.3 is 14.8 Å². The van der Waals surface area contributed by atoms with E-state index in [9.17, 15) is 14.7 Å². The molecular weight excluding hydrogens is 392 g/mol. The average molecular weight is 412 g/mol. The van der Waals surface area contributed by atoms with Gasteiger partial charge in [-0.15, -0.1) is 0 Å². The molecule has 0 unspecified atom stereocenters. The standard InChI is InChI=1S/C25H20N2O4/c28-21-19-8-4-15-26-23(19)31-22(17-6-2-1-3-7-17)20(21)16-9-11-18(12-10-16)25(13-5-14-25)27-24(29)30/h1-4,6-12,15,27H,5,13-14H2,(H,29,30). The summed E-state index contributed by atoms with van der Waals surface area (Å²) in [6.07, 6.45) is 3.07. The van der Waals surface area contributed by atoms with Crippen LogP contribution in [0.1, 0.15) is 24.8 Å². The zero-order valence-corrected chi connectivity index (χ0v) is 16.7. The largest absolute Gasteiger partial charge is 0.465 e. The number of nitrogens with one attached hydrogen (secondary N) is 1. The maximum Gasteiger partial charge on any atom is 0.405 e. The molecule has 0 atom stereocenters. The monoisotopic (exact) mass is 412 g/mol. The Kier molecular flexibility index (Phi) is 4.55. The van der Waals surface area contributed by atoms with E-state index in [0.717, 1.165) is 30.4 Å². The zero-order valence-electron chi connectivity index (χ0n) is 16.7. The molecule has 2 aromatic heterocycles. The van der Waals surface area contributed by atoms with Gasteiger partial charge in [0.05, 0.1) is 16.5 Å². The highest BCUT2D eigenvalue weighted by molar-refractivity contribution is 5.87. The first-order valence-corrected chi connectivity index (χ1v) is 10.2. The highest BCUT2D eigenvalue weighted by Gasteiger charge is 2.40. The third kappa shape index (κ3) is 3.26. The second kappa shape index (κ2) is 7.40. The van der Waals surface area contributed by atoms with Crippen molar-refractivity contribution in [3.8, 4) is 22.5 Å². The summed E-state index contributed by atoms with van der Waals surface area (Å²) in [7, 11) is 0. The van der Waals surface area contributed by atoms with Crippen molar-refractivity contribution in [3.05, 3.63) is 88.7 Å². The summed E-state index contributed by atoms with van der Waals surface area (Å²) in [4.78, 5) is 28.9. The fourth-order valence-electron chi connectivity index (χ4n) is 4.26. The number of benzene rings is 2. The molecule has 2 heterocycles. The van der Waals surface area contributed by atoms with Crippen molar-refractivity contribution in [1.29, 1.82) is 0 Å². The topological polar surface area (TPSA) is 92.4 Å². The molecule has 2 N–H and O–H groups in total. The van der Waals surface area contributed by atoms with E-state index in [-0.39, 0.29) is 5.43 Å². The number of carbonyl (C=O) groups is 1. The molecule has 0 bridgehead atoms. The van der Waals surface area contributed by atoms with Crippen molar-refractivity contribution in [1.82, 2.24) is 10.3 Å². The van der Waals surface area contributed by atoms with Gasteiger partial charge in [0, 0.05) is 11.8 Å². The number of nitrogens with zero attached hydrogens (tertiary/aromatic N) is 1. The summed E-state index contributed by atoms with van der Waals surface area (Å²) in [5.74, 6) is 0.464. The predicted octanol–water partition coefficient (Wildman–Crippen LogP) is 5.17. The van der Waals surface area contributed by atoms with Gasteiger partial charge in [-0.2, -0.15) is 0 Å². The molecule has 0 radical (unpaired) electrons. The number of aromatic nitrogens is 1. The molecule has 0 spiro atoms. The molecule has 0 aliphatic heterocycles. The Balaban J connectivity index is 1.67. The zero-order chi connectivity index (χ0) is 21.4. The first-order valence-electron chi connectivity index (χ1n) is 10.2. The molecule has 6 heteroatoms. The molecule has 1 saturated carbocycles. The third-order valence-electron chi connectivity index (χ3n) is 5.98. The Morgan fingerprint density at radius 2 is 1.71 bits per heavy atom. The smallest absolute Gasteiger partial charge is 0.405 e. The molecule has 2 aromatic carbocycles. The van der Waals surface area contributed by atoms with Crippen LogP contribution in [0.15, 0.2) is 82.1 Å². The molecule has 154 valence electrons. The van der Waals surface area contributed by atoms with Gasteiger partial charge in [0.25, 0.3) is 0 Å². The normalized spacial score (nSPS) is 14.7. The van der Waals surface area contributed by atoms with Crippen LogP contribution in [0, 0.1) is 0 Å². The molecule has 1 aliphatic carbocycles. The van der Waals surface area contributed by atoms with E-state index in [0.29, 0.717) is 28.0 Å². The summed E-state index contributed by atoms with van der Waals surface area (Å²) in [6, 6.07) is 20.4. The minimum Gasteiger partial charge on any atom is -0.465 e. The molecule has 4 aromatic rings. The number of pyridine rings is 1. The van der Waals surface area contributed by atoms with Gasteiger partial charge in [-0.25, -0.2) is 9.78 Å². The third-order valence-corrected chi connectivity index (χ3v) is 5.98. The second-order valence-corrected chi connectivity index (χ2v) is 7.80. The number of hydrogen-bond acceptors (Lipinski definition) is 4. The lowest BCUT2D eigenvalue weighted by Gasteiger charge is -2.42.